The van der Waals surface area contributed by atoms with Gasteiger partial charge in [0.25, 0.3) is 0 Å². The number of rotatable bonds is 2. The highest BCUT2D eigenvalue weighted by Crippen LogP contribution is 2.22. The van der Waals surface area contributed by atoms with Gasteiger partial charge in [-0.05, 0) is 31.5 Å². The molecule has 1 rings (SSSR count). The normalized spacial score (nSPS) is 9.87. The number of carbonyl (C=O) groups excluding carboxylic acids is 1. The molecule has 0 spiro atoms. The maximum absolute atomic E-state index is 11.6. The molecule has 0 saturated heterocycles. The summed E-state index contributed by atoms with van der Waals surface area (Å²) in [4.78, 5) is 13.2. The van der Waals surface area contributed by atoms with Gasteiger partial charge in [-0.15, -0.1) is 0 Å². The Kier molecular flexibility index (Phi) is 3.97. The number of carbonyl (C=O) groups is 1. The van der Waals surface area contributed by atoms with Crippen molar-refractivity contribution in [3.05, 3.63) is 28.8 Å². The zero-order valence-electron chi connectivity index (χ0n) is 9.17. The summed E-state index contributed by atoms with van der Waals surface area (Å²) in [6.45, 7) is 4.47. The van der Waals surface area contributed by atoms with Crippen molar-refractivity contribution in [3.8, 4) is 0 Å². The van der Waals surface area contributed by atoms with E-state index in [0.29, 0.717) is 11.6 Å². The number of benzene rings is 1. The van der Waals surface area contributed by atoms with Gasteiger partial charge < -0.3 is 10.2 Å². The maximum Gasteiger partial charge on any atom is 0.321 e. The molecule has 4 heteroatoms. The fourth-order valence-electron chi connectivity index (χ4n) is 1.10. The lowest BCUT2D eigenvalue weighted by atomic mass is 10.2. The fourth-order valence-corrected chi connectivity index (χ4v) is 1.27. The molecule has 1 N–H and O–H groups in total. The number of nitrogens with zero attached hydrogens (tertiary/aromatic N) is 1. The highest BCUT2D eigenvalue weighted by atomic mass is 35.5. The Labute approximate surface area is 95.0 Å². The molecule has 82 valence electrons. The number of hydrogen-bond donors (Lipinski definition) is 1. The molecule has 0 atom stereocenters. The molecule has 0 unspecified atom stereocenters. The van der Waals surface area contributed by atoms with E-state index in [1.54, 1.807) is 18.0 Å². The van der Waals surface area contributed by atoms with Gasteiger partial charge in [0.15, 0.2) is 0 Å². The summed E-state index contributed by atoms with van der Waals surface area (Å²) in [5.41, 5.74) is 1.64. The van der Waals surface area contributed by atoms with E-state index in [1.807, 2.05) is 26.0 Å². The van der Waals surface area contributed by atoms with Crippen molar-refractivity contribution in [3.63, 3.8) is 0 Å². The molecule has 0 fully saturated rings. The largest absolute Gasteiger partial charge is 0.328 e. The Bertz CT molecular complexity index is 366. The summed E-state index contributed by atoms with van der Waals surface area (Å²) in [6, 6.07) is 5.33. The van der Waals surface area contributed by atoms with E-state index in [1.165, 1.54) is 0 Å². The molecule has 1 aromatic rings. The molecule has 2 amide bonds. The first-order chi connectivity index (χ1) is 7.06. The van der Waals surface area contributed by atoms with E-state index < -0.39 is 0 Å². The average Bonchev–Trinajstić information content (AvgIpc) is 2.23. The van der Waals surface area contributed by atoms with Gasteiger partial charge in [0.05, 0.1) is 0 Å². The van der Waals surface area contributed by atoms with Crippen LogP contribution >= 0.6 is 11.6 Å². The minimum absolute atomic E-state index is 0.122. The molecule has 0 radical (unpaired) electrons. The Hall–Kier alpha value is -1.22. The van der Waals surface area contributed by atoms with E-state index in [4.69, 9.17) is 11.6 Å². The summed E-state index contributed by atoms with van der Waals surface area (Å²) < 4.78 is 0. The third kappa shape index (κ3) is 2.86. The van der Waals surface area contributed by atoms with Gasteiger partial charge in [-0.1, -0.05) is 17.7 Å². The van der Waals surface area contributed by atoms with Crippen LogP contribution in [0.15, 0.2) is 18.2 Å². The van der Waals surface area contributed by atoms with Crippen molar-refractivity contribution in [1.29, 1.82) is 0 Å². The van der Waals surface area contributed by atoms with Gasteiger partial charge in [0.1, 0.15) is 0 Å². The zero-order valence-corrected chi connectivity index (χ0v) is 9.93. The van der Waals surface area contributed by atoms with Crippen LogP contribution in [-0.4, -0.2) is 24.5 Å². The molecule has 0 saturated carbocycles. The molecular formula is C11H15ClN2O. The molecule has 1 aromatic carbocycles. The highest BCUT2D eigenvalue weighted by Gasteiger charge is 2.08. The van der Waals surface area contributed by atoms with E-state index in [0.717, 1.165) is 11.3 Å². The first-order valence-corrected chi connectivity index (χ1v) is 5.21. The Morgan fingerprint density at radius 2 is 2.20 bits per heavy atom. The van der Waals surface area contributed by atoms with Gasteiger partial charge in [0, 0.05) is 24.3 Å². The van der Waals surface area contributed by atoms with Crippen molar-refractivity contribution in [2.75, 3.05) is 18.9 Å². The summed E-state index contributed by atoms with van der Waals surface area (Å²) in [5, 5.41) is 3.46. The minimum Gasteiger partial charge on any atom is -0.328 e. The summed E-state index contributed by atoms with van der Waals surface area (Å²) in [5.74, 6) is 0. The van der Waals surface area contributed by atoms with E-state index >= 15 is 0 Å². The Morgan fingerprint density at radius 3 is 2.80 bits per heavy atom. The third-order valence-electron chi connectivity index (χ3n) is 2.33. The number of nitrogens with one attached hydrogen (secondary N) is 1. The van der Waals surface area contributed by atoms with Gasteiger partial charge in [-0.3, -0.25) is 0 Å². The van der Waals surface area contributed by atoms with Crippen LogP contribution in [0.1, 0.15) is 12.5 Å². The van der Waals surface area contributed by atoms with Crippen LogP contribution in [0.3, 0.4) is 0 Å². The van der Waals surface area contributed by atoms with Crippen LogP contribution in [0, 0.1) is 6.92 Å². The van der Waals surface area contributed by atoms with Crippen LogP contribution in [-0.2, 0) is 0 Å². The second kappa shape index (κ2) is 5.03. The van der Waals surface area contributed by atoms with Crippen molar-refractivity contribution in [1.82, 2.24) is 4.90 Å². The van der Waals surface area contributed by atoms with E-state index in [-0.39, 0.29) is 6.03 Å². The molecule has 15 heavy (non-hydrogen) atoms. The lowest BCUT2D eigenvalue weighted by molar-refractivity contribution is 0.224. The number of amides is 2. The van der Waals surface area contributed by atoms with E-state index in [2.05, 4.69) is 5.32 Å². The molecule has 0 aliphatic heterocycles. The molecular weight excluding hydrogens is 212 g/mol. The molecule has 3 nitrogen and oxygen atoms in total. The van der Waals surface area contributed by atoms with Crippen molar-refractivity contribution in [2.45, 2.75) is 13.8 Å². The zero-order chi connectivity index (χ0) is 11.4. The van der Waals surface area contributed by atoms with Crippen LogP contribution in [0.4, 0.5) is 10.5 Å². The number of halogens is 1. The number of anilines is 1. The van der Waals surface area contributed by atoms with Crippen LogP contribution in [0.25, 0.3) is 0 Å². The van der Waals surface area contributed by atoms with Crippen molar-refractivity contribution in [2.24, 2.45) is 0 Å². The van der Waals surface area contributed by atoms with Crippen LogP contribution < -0.4 is 5.32 Å². The standard InChI is InChI=1S/C11H15ClN2O/c1-4-14(3)11(15)13-10-7-5-6-9(12)8(10)2/h5-7H,4H2,1-3H3,(H,13,15). The van der Waals surface area contributed by atoms with Crippen molar-refractivity contribution >= 4 is 23.3 Å². The third-order valence-corrected chi connectivity index (χ3v) is 2.74. The SMILES string of the molecule is CCN(C)C(=O)Nc1cccc(Cl)c1C. The highest BCUT2D eigenvalue weighted by molar-refractivity contribution is 6.31. The molecule has 0 aliphatic carbocycles. The predicted molar refractivity (Wildman–Crippen MR) is 63.5 cm³/mol. The summed E-state index contributed by atoms with van der Waals surface area (Å²) in [6.07, 6.45) is 0. The van der Waals surface area contributed by atoms with Crippen LogP contribution in [0.2, 0.25) is 5.02 Å². The Morgan fingerprint density at radius 1 is 1.53 bits per heavy atom. The smallest absolute Gasteiger partial charge is 0.321 e. The first kappa shape index (κ1) is 11.9. The van der Waals surface area contributed by atoms with Gasteiger partial charge in [0.2, 0.25) is 0 Å². The monoisotopic (exact) mass is 226 g/mol. The topological polar surface area (TPSA) is 32.3 Å². The summed E-state index contributed by atoms with van der Waals surface area (Å²) >= 11 is 5.95. The average molecular weight is 227 g/mol. The number of hydrogen-bond acceptors (Lipinski definition) is 1. The summed E-state index contributed by atoms with van der Waals surface area (Å²) in [7, 11) is 1.75. The molecule has 0 aromatic heterocycles. The minimum atomic E-state index is -0.122. The Balaban J connectivity index is 2.81. The first-order valence-electron chi connectivity index (χ1n) is 4.83. The lowest BCUT2D eigenvalue weighted by Gasteiger charge is -2.16. The second-order valence-electron chi connectivity index (χ2n) is 3.36. The second-order valence-corrected chi connectivity index (χ2v) is 3.76. The van der Waals surface area contributed by atoms with Gasteiger partial charge in [-0.25, -0.2) is 4.79 Å². The fraction of sp³-hybridized carbons (Fsp3) is 0.364. The lowest BCUT2D eigenvalue weighted by Crippen LogP contribution is -2.31. The maximum atomic E-state index is 11.6. The molecule has 0 heterocycles. The molecule has 0 bridgehead atoms. The van der Waals surface area contributed by atoms with Gasteiger partial charge >= 0.3 is 6.03 Å². The number of urea groups is 1. The molecule has 0 aliphatic rings. The van der Waals surface area contributed by atoms with Crippen LogP contribution in [0.5, 0.6) is 0 Å². The van der Waals surface area contributed by atoms with Crippen molar-refractivity contribution < 1.29 is 4.79 Å². The quantitative estimate of drug-likeness (QED) is 0.826. The van der Waals surface area contributed by atoms with E-state index in [9.17, 15) is 4.79 Å². The predicted octanol–water partition coefficient (Wildman–Crippen LogP) is 3.13. The van der Waals surface area contributed by atoms with Gasteiger partial charge in [-0.2, -0.15) is 0 Å².